The van der Waals surface area contributed by atoms with E-state index in [2.05, 4.69) is 42.9 Å². The van der Waals surface area contributed by atoms with Crippen LogP contribution in [0.1, 0.15) is 61.6 Å². The van der Waals surface area contributed by atoms with Crippen molar-refractivity contribution in [3.05, 3.63) is 58.2 Å². The summed E-state index contributed by atoms with van der Waals surface area (Å²) in [5.74, 6) is 0.505. The van der Waals surface area contributed by atoms with Crippen LogP contribution in [0.25, 0.3) is 5.57 Å². The molecule has 0 bridgehead atoms. The minimum atomic E-state index is -1.29. The van der Waals surface area contributed by atoms with Crippen molar-refractivity contribution >= 4 is 22.2 Å². The molecule has 0 saturated carbocycles. The number of aliphatic hydroxyl groups excluding tert-OH is 1. The quantitative estimate of drug-likeness (QED) is 0.662. The number of carbonyl (C=O) groups is 1. The van der Waals surface area contributed by atoms with Gasteiger partial charge in [-0.2, -0.15) is 0 Å². The number of rotatable bonds is 7. The van der Waals surface area contributed by atoms with Crippen LogP contribution in [0, 0.1) is 25.7 Å². The molecule has 1 N–H and O–H groups in total. The molecule has 1 aromatic heterocycles. The van der Waals surface area contributed by atoms with Gasteiger partial charge in [0.25, 0.3) is 0 Å². The highest BCUT2D eigenvalue weighted by atomic mass is 32.2. The van der Waals surface area contributed by atoms with Crippen molar-refractivity contribution in [2.45, 2.75) is 65.3 Å². The smallest absolute Gasteiger partial charge is 0.167 e. The lowest BCUT2D eigenvalue weighted by Gasteiger charge is -2.29. The summed E-state index contributed by atoms with van der Waals surface area (Å²) in [6, 6.07) is 4.23. The molecule has 3 atom stereocenters. The molecule has 5 nitrogen and oxygen atoms in total. The fourth-order valence-electron chi connectivity index (χ4n) is 4.39. The molecule has 1 heterocycles. The van der Waals surface area contributed by atoms with E-state index in [0.717, 1.165) is 35.2 Å². The molecule has 31 heavy (non-hydrogen) atoms. The summed E-state index contributed by atoms with van der Waals surface area (Å²) >= 11 is 0. The Morgan fingerprint density at radius 3 is 2.26 bits per heavy atom. The van der Waals surface area contributed by atoms with Gasteiger partial charge in [-0.3, -0.25) is 14.0 Å². The summed E-state index contributed by atoms with van der Waals surface area (Å²) in [6.45, 7) is 10.1. The van der Waals surface area contributed by atoms with Crippen LogP contribution in [0.4, 0.5) is 0 Å². The molecular weight excluding hydrogens is 408 g/mol. The largest absolute Gasteiger partial charge is 0.512 e. The van der Waals surface area contributed by atoms with E-state index in [1.165, 1.54) is 5.56 Å². The zero-order valence-electron chi connectivity index (χ0n) is 19.1. The number of carbonyl (C=O) groups excluding carboxylic acids is 1. The van der Waals surface area contributed by atoms with E-state index in [4.69, 9.17) is 0 Å². The van der Waals surface area contributed by atoms with E-state index in [-0.39, 0.29) is 23.4 Å². The average molecular weight is 441 g/mol. The number of benzene rings is 1. The van der Waals surface area contributed by atoms with Crippen LogP contribution >= 0.6 is 0 Å². The topological polar surface area (TPSA) is 80.2 Å². The van der Waals surface area contributed by atoms with Crippen molar-refractivity contribution < 1.29 is 14.1 Å². The average Bonchev–Trinajstić information content (AvgIpc) is 2.73. The van der Waals surface area contributed by atoms with Gasteiger partial charge in [-0.1, -0.05) is 38.5 Å². The summed E-state index contributed by atoms with van der Waals surface area (Å²) in [7, 11) is -1.29. The van der Waals surface area contributed by atoms with E-state index >= 15 is 0 Å². The van der Waals surface area contributed by atoms with Gasteiger partial charge in [0.15, 0.2) is 5.78 Å². The molecule has 0 spiro atoms. The maximum Gasteiger partial charge on any atom is 0.167 e. The third-order valence-corrected chi connectivity index (χ3v) is 7.64. The number of aromatic nitrogens is 2. The van der Waals surface area contributed by atoms with Crippen LogP contribution in [0.5, 0.6) is 0 Å². The second kappa shape index (κ2) is 9.86. The predicted molar refractivity (Wildman–Crippen MR) is 124 cm³/mol. The van der Waals surface area contributed by atoms with Gasteiger partial charge in [-0.15, -0.1) is 0 Å². The molecule has 3 unspecified atom stereocenters. The highest BCUT2D eigenvalue weighted by Gasteiger charge is 2.34. The first-order valence-electron chi connectivity index (χ1n) is 11.0. The highest BCUT2D eigenvalue weighted by molar-refractivity contribution is 7.84. The molecule has 3 rings (SSSR count). The van der Waals surface area contributed by atoms with E-state index in [9.17, 15) is 14.1 Å². The molecule has 166 valence electrons. The standard InChI is InChI=1S/C25H32N2O3S/c1-6-18-8-15(3)9-19(7-2)24(18)25-21(28)10-20(11-22(25)29)16(4)14-31(30)23-13-26-17(5)12-27-23/h8-9,12-13,16,20,28H,6-7,10-11,14H2,1-5H3. The fraction of sp³-hybridized carbons (Fsp3) is 0.480. The zero-order chi connectivity index (χ0) is 22.7. The normalized spacial score (nSPS) is 18.9. The van der Waals surface area contributed by atoms with E-state index in [1.807, 2.05) is 13.8 Å². The molecule has 0 saturated heterocycles. The molecular formula is C25H32N2O3S. The molecule has 1 aliphatic rings. The molecule has 0 amide bonds. The summed E-state index contributed by atoms with van der Waals surface area (Å²) in [6.07, 6.45) is 5.57. The summed E-state index contributed by atoms with van der Waals surface area (Å²) < 4.78 is 12.7. The Bertz CT molecular complexity index is 1000. The number of allylic oxidation sites excluding steroid dienone is 2. The third-order valence-electron chi connectivity index (χ3n) is 6.14. The van der Waals surface area contributed by atoms with Gasteiger partial charge in [-0.25, -0.2) is 4.98 Å². The van der Waals surface area contributed by atoms with E-state index in [1.54, 1.807) is 12.4 Å². The van der Waals surface area contributed by atoms with Gasteiger partial charge in [0, 0.05) is 24.8 Å². The molecule has 0 aliphatic heterocycles. The van der Waals surface area contributed by atoms with Crippen molar-refractivity contribution in [1.29, 1.82) is 0 Å². The lowest BCUT2D eigenvalue weighted by atomic mass is 9.76. The maximum absolute atomic E-state index is 13.2. The third kappa shape index (κ3) is 5.12. The van der Waals surface area contributed by atoms with Crippen LogP contribution in [0.2, 0.25) is 0 Å². The fourth-order valence-corrected chi connectivity index (χ4v) is 5.65. The van der Waals surface area contributed by atoms with Gasteiger partial charge in [-0.05, 0) is 55.2 Å². The monoisotopic (exact) mass is 440 g/mol. The first-order valence-corrected chi connectivity index (χ1v) is 12.3. The minimum Gasteiger partial charge on any atom is -0.512 e. The van der Waals surface area contributed by atoms with Gasteiger partial charge in [0.1, 0.15) is 10.8 Å². The van der Waals surface area contributed by atoms with E-state index < -0.39 is 10.8 Å². The Morgan fingerprint density at radius 1 is 1.10 bits per heavy atom. The van der Waals surface area contributed by atoms with Gasteiger partial charge >= 0.3 is 0 Å². The minimum absolute atomic E-state index is 0.00546. The number of nitrogens with zero attached hydrogens (tertiary/aromatic N) is 2. The summed E-state index contributed by atoms with van der Waals surface area (Å²) in [4.78, 5) is 21.6. The number of ketones is 1. The molecule has 1 aliphatic carbocycles. The first kappa shape index (κ1) is 23.3. The van der Waals surface area contributed by atoms with Crippen molar-refractivity contribution in [3.8, 4) is 0 Å². The number of Topliss-reactive ketones (excluding diaryl/α,β-unsaturated/α-hetero) is 1. The van der Waals surface area contributed by atoms with Crippen molar-refractivity contribution in [1.82, 2.24) is 9.97 Å². The SMILES string of the molecule is CCc1cc(C)cc(CC)c1C1=C(O)CC(C(C)CS(=O)c2cnc(C)cn2)CC1=O. The number of hydrogen-bond donors (Lipinski definition) is 1. The summed E-state index contributed by atoms with van der Waals surface area (Å²) in [5.41, 5.74) is 5.58. The second-order valence-electron chi connectivity index (χ2n) is 8.56. The van der Waals surface area contributed by atoms with Crippen LogP contribution in [-0.4, -0.2) is 30.8 Å². The Morgan fingerprint density at radius 2 is 1.74 bits per heavy atom. The predicted octanol–water partition coefficient (Wildman–Crippen LogP) is 4.91. The number of aliphatic hydroxyl groups is 1. The maximum atomic E-state index is 13.2. The van der Waals surface area contributed by atoms with Crippen LogP contribution in [-0.2, 0) is 28.4 Å². The van der Waals surface area contributed by atoms with Crippen molar-refractivity contribution in [2.24, 2.45) is 11.8 Å². The van der Waals surface area contributed by atoms with Crippen LogP contribution in [0.15, 0.2) is 35.3 Å². The highest BCUT2D eigenvalue weighted by Crippen LogP contribution is 2.38. The molecule has 2 aromatic rings. The molecule has 0 radical (unpaired) electrons. The molecule has 6 heteroatoms. The van der Waals surface area contributed by atoms with Crippen LogP contribution in [0.3, 0.4) is 0 Å². The Kier molecular flexibility index (Phi) is 7.42. The zero-order valence-corrected chi connectivity index (χ0v) is 19.9. The lowest BCUT2D eigenvalue weighted by Crippen LogP contribution is -2.27. The summed E-state index contributed by atoms with van der Waals surface area (Å²) in [5, 5.41) is 11.4. The Balaban J connectivity index is 1.84. The van der Waals surface area contributed by atoms with Crippen molar-refractivity contribution in [3.63, 3.8) is 0 Å². The Hall–Kier alpha value is -2.34. The van der Waals surface area contributed by atoms with Gasteiger partial charge in [0.05, 0.1) is 28.3 Å². The van der Waals surface area contributed by atoms with E-state index in [0.29, 0.717) is 29.2 Å². The lowest BCUT2D eigenvalue weighted by molar-refractivity contribution is -0.115. The molecule has 1 aromatic carbocycles. The van der Waals surface area contributed by atoms with Crippen molar-refractivity contribution in [2.75, 3.05) is 5.75 Å². The number of hydrogen-bond acceptors (Lipinski definition) is 5. The van der Waals surface area contributed by atoms with Gasteiger partial charge < -0.3 is 5.11 Å². The first-order chi connectivity index (χ1) is 14.7. The second-order valence-corrected chi connectivity index (χ2v) is 10.0. The van der Waals surface area contributed by atoms with Gasteiger partial charge in [0.2, 0.25) is 0 Å². The number of aryl methyl sites for hydroxylation is 4. The van der Waals surface area contributed by atoms with Crippen LogP contribution < -0.4 is 0 Å². The Labute approximate surface area is 187 Å². The molecule has 0 fully saturated rings.